The highest BCUT2D eigenvalue weighted by Crippen LogP contribution is 2.30. The van der Waals surface area contributed by atoms with E-state index >= 15 is 0 Å². The first-order chi connectivity index (χ1) is 11.1. The van der Waals surface area contributed by atoms with Crippen LogP contribution in [0.5, 0.6) is 0 Å². The number of benzene rings is 1. The molecule has 24 heavy (non-hydrogen) atoms. The molecular formula is C16H20N4O3S. The van der Waals surface area contributed by atoms with Crippen molar-refractivity contribution in [3.63, 3.8) is 0 Å². The predicted molar refractivity (Wildman–Crippen MR) is 90.3 cm³/mol. The van der Waals surface area contributed by atoms with Gasteiger partial charge in [-0.25, -0.2) is 9.52 Å². The van der Waals surface area contributed by atoms with Crippen LogP contribution in [0.25, 0.3) is 0 Å². The van der Waals surface area contributed by atoms with Gasteiger partial charge in [-0.15, -0.1) is 0 Å². The van der Waals surface area contributed by atoms with Gasteiger partial charge in [-0.1, -0.05) is 45.0 Å². The van der Waals surface area contributed by atoms with E-state index < -0.39 is 16.1 Å². The van der Waals surface area contributed by atoms with Crippen molar-refractivity contribution in [1.29, 1.82) is 0 Å². The minimum absolute atomic E-state index is 0.00610. The van der Waals surface area contributed by atoms with Gasteiger partial charge < -0.3 is 0 Å². The Kier molecular flexibility index (Phi) is 3.67. The normalized spacial score (nSPS) is 16.7. The van der Waals surface area contributed by atoms with E-state index in [0.29, 0.717) is 5.69 Å². The lowest BCUT2D eigenvalue weighted by molar-refractivity contribution is 0.250. The Bertz CT molecular complexity index is 892. The van der Waals surface area contributed by atoms with Crippen LogP contribution in [0.15, 0.2) is 35.5 Å². The maximum Gasteiger partial charge on any atom is 0.336 e. The molecule has 0 atom stereocenters. The lowest BCUT2D eigenvalue weighted by atomic mass is 9.87. The smallest absolute Gasteiger partial charge is 0.285 e. The van der Waals surface area contributed by atoms with Crippen molar-refractivity contribution in [2.24, 2.45) is 7.05 Å². The standard InChI is InChI=1S/C16H20N4O3S/c1-16(2,3)12-7-5-11(6-8-12)10-20-13-9-17-19(4)14(13)24(22,23)18-15(20)21/h5-9H,10H2,1-4H3,(H,18,21). The summed E-state index contributed by atoms with van der Waals surface area (Å²) in [5.74, 6) is 0. The number of urea groups is 1. The second kappa shape index (κ2) is 5.34. The van der Waals surface area contributed by atoms with Gasteiger partial charge in [0.2, 0.25) is 0 Å². The molecule has 2 aromatic rings. The molecule has 1 aromatic carbocycles. The van der Waals surface area contributed by atoms with Crippen molar-refractivity contribution in [1.82, 2.24) is 14.5 Å². The van der Waals surface area contributed by atoms with E-state index in [1.807, 2.05) is 29.0 Å². The Labute approximate surface area is 141 Å². The molecular weight excluding hydrogens is 328 g/mol. The second-order valence-corrected chi connectivity index (χ2v) is 8.50. The number of fused-ring (bicyclic) bond motifs is 1. The molecule has 1 N–H and O–H groups in total. The zero-order chi connectivity index (χ0) is 17.7. The minimum atomic E-state index is -3.87. The number of sulfonamides is 1. The summed E-state index contributed by atoms with van der Waals surface area (Å²) in [5, 5.41) is 3.96. The summed E-state index contributed by atoms with van der Waals surface area (Å²) in [5.41, 5.74) is 2.44. The molecule has 0 saturated heterocycles. The van der Waals surface area contributed by atoms with E-state index in [-0.39, 0.29) is 17.0 Å². The molecule has 0 aliphatic carbocycles. The first-order valence-electron chi connectivity index (χ1n) is 7.55. The lowest BCUT2D eigenvalue weighted by Crippen LogP contribution is -2.47. The molecule has 128 valence electrons. The van der Waals surface area contributed by atoms with Crippen molar-refractivity contribution < 1.29 is 13.2 Å². The minimum Gasteiger partial charge on any atom is -0.285 e. The van der Waals surface area contributed by atoms with Gasteiger partial charge in [0, 0.05) is 7.05 Å². The molecule has 1 aliphatic heterocycles. The SMILES string of the molecule is Cn1ncc2c1S(=O)(=O)NC(=O)N2Cc1ccc(C(C)(C)C)cc1. The fraction of sp³-hybridized carbons (Fsp3) is 0.375. The van der Waals surface area contributed by atoms with Crippen LogP contribution in [-0.2, 0) is 29.0 Å². The van der Waals surface area contributed by atoms with Crippen LogP contribution < -0.4 is 9.62 Å². The van der Waals surface area contributed by atoms with Gasteiger partial charge >= 0.3 is 6.03 Å². The molecule has 1 aromatic heterocycles. The average molecular weight is 348 g/mol. The van der Waals surface area contributed by atoms with E-state index in [2.05, 4.69) is 25.9 Å². The van der Waals surface area contributed by atoms with Crippen molar-refractivity contribution in [3.8, 4) is 0 Å². The first-order valence-corrected chi connectivity index (χ1v) is 9.03. The number of anilines is 1. The molecule has 2 heterocycles. The van der Waals surface area contributed by atoms with Gasteiger partial charge in [0.25, 0.3) is 10.0 Å². The number of aromatic nitrogens is 2. The van der Waals surface area contributed by atoms with Crippen LogP contribution in [-0.4, -0.2) is 24.2 Å². The predicted octanol–water partition coefficient (Wildman–Crippen LogP) is 2.14. The monoisotopic (exact) mass is 348 g/mol. The van der Waals surface area contributed by atoms with Crippen LogP contribution >= 0.6 is 0 Å². The quantitative estimate of drug-likeness (QED) is 0.901. The third kappa shape index (κ3) is 2.77. The Balaban J connectivity index is 1.94. The number of nitrogens with zero attached hydrogens (tertiary/aromatic N) is 3. The van der Waals surface area contributed by atoms with E-state index in [4.69, 9.17) is 0 Å². The summed E-state index contributed by atoms with van der Waals surface area (Å²) in [6, 6.07) is 7.28. The Morgan fingerprint density at radius 3 is 2.38 bits per heavy atom. The Hall–Kier alpha value is -2.35. The molecule has 0 fully saturated rings. The number of amides is 2. The van der Waals surface area contributed by atoms with E-state index in [1.54, 1.807) is 0 Å². The molecule has 3 rings (SSSR count). The average Bonchev–Trinajstić information content (AvgIpc) is 2.85. The number of carbonyl (C=O) groups is 1. The third-order valence-corrected chi connectivity index (χ3v) is 5.46. The van der Waals surface area contributed by atoms with Crippen molar-refractivity contribution in [3.05, 3.63) is 41.6 Å². The van der Waals surface area contributed by atoms with Gasteiger partial charge in [-0.3, -0.25) is 9.58 Å². The fourth-order valence-electron chi connectivity index (χ4n) is 2.69. The molecule has 0 bridgehead atoms. The zero-order valence-corrected chi connectivity index (χ0v) is 14.9. The second-order valence-electron chi connectivity index (χ2n) is 6.90. The molecule has 0 radical (unpaired) electrons. The van der Waals surface area contributed by atoms with E-state index in [9.17, 15) is 13.2 Å². The van der Waals surface area contributed by atoms with Gasteiger partial charge in [-0.05, 0) is 16.5 Å². The summed E-state index contributed by atoms with van der Waals surface area (Å²) >= 11 is 0. The topological polar surface area (TPSA) is 84.3 Å². The zero-order valence-electron chi connectivity index (χ0n) is 14.1. The van der Waals surface area contributed by atoms with Crippen molar-refractivity contribution in [2.45, 2.75) is 37.8 Å². The number of aryl methyl sites for hydroxylation is 1. The van der Waals surface area contributed by atoms with Crippen LogP contribution in [0.2, 0.25) is 0 Å². The molecule has 0 spiro atoms. The number of rotatable bonds is 2. The summed E-state index contributed by atoms with van der Waals surface area (Å²) in [4.78, 5) is 13.6. The van der Waals surface area contributed by atoms with Gasteiger partial charge in [0.1, 0.15) is 5.69 Å². The Morgan fingerprint density at radius 2 is 1.79 bits per heavy atom. The third-order valence-electron chi connectivity index (χ3n) is 4.04. The van der Waals surface area contributed by atoms with Crippen molar-refractivity contribution >= 4 is 21.7 Å². The number of nitrogens with one attached hydrogen (secondary N) is 1. The maximum absolute atomic E-state index is 12.2. The number of hydrogen-bond donors (Lipinski definition) is 1. The largest absolute Gasteiger partial charge is 0.336 e. The molecule has 0 saturated carbocycles. The van der Waals surface area contributed by atoms with Gasteiger partial charge in [-0.2, -0.15) is 13.5 Å². The fourth-order valence-corrected chi connectivity index (χ4v) is 3.96. The Morgan fingerprint density at radius 1 is 1.17 bits per heavy atom. The number of carbonyl (C=O) groups excluding carboxylic acids is 1. The van der Waals surface area contributed by atoms with Gasteiger partial charge in [0.05, 0.1) is 12.7 Å². The van der Waals surface area contributed by atoms with Crippen LogP contribution in [0.1, 0.15) is 31.9 Å². The van der Waals surface area contributed by atoms with Gasteiger partial charge in [0.15, 0.2) is 5.03 Å². The van der Waals surface area contributed by atoms with Crippen LogP contribution in [0.3, 0.4) is 0 Å². The van der Waals surface area contributed by atoms with Crippen LogP contribution in [0, 0.1) is 0 Å². The number of hydrogen-bond acceptors (Lipinski definition) is 4. The van der Waals surface area contributed by atoms with Crippen LogP contribution in [0.4, 0.5) is 10.5 Å². The summed E-state index contributed by atoms with van der Waals surface area (Å²) in [6.07, 6.45) is 1.40. The summed E-state index contributed by atoms with van der Waals surface area (Å²) in [7, 11) is -2.34. The highest BCUT2D eigenvalue weighted by Gasteiger charge is 2.37. The molecule has 7 nitrogen and oxygen atoms in total. The summed E-state index contributed by atoms with van der Waals surface area (Å²) < 4.78 is 27.5. The highest BCUT2D eigenvalue weighted by atomic mass is 32.2. The van der Waals surface area contributed by atoms with Crippen molar-refractivity contribution in [2.75, 3.05) is 4.90 Å². The molecule has 1 aliphatic rings. The lowest BCUT2D eigenvalue weighted by Gasteiger charge is -2.27. The first kappa shape index (κ1) is 16.5. The van der Waals surface area contributed by atoms with E-state index in [0.717, 1.165) is 5.56 Å². The van der Waals surface area contributed by atoms with E-state index in [1.165, 1.54) is 28.4 Å². The molecule has 0 unspecified atom stereocenters. The molecule has 2 amide bonds. The maximum atomic E-state index is 12.2. The molecule has 8 heteroatoms. The highest BCUT2D eigenvalue weighted by molar-refractivity contribution is 7.90. The summed E-state index contributed by atoms with van der Waals surface area (Å²) in [6.45, 7) is 6.66.